The van der Waals surface area contributed by atoms with Gasteiger partial charge in [-0.2, -0.15) is 23.8 Å². The molecule has 0 aromatic heterocycles. The highest BCUT2D eigenvalue weighted by molar-refractivity contribution is 7.86. The molecule has 0 atom stereocenters. The Hall–Kier alpha value is -6.84. The topological polar surface area (TPSA) is 238 Å². The van der Waals surface area contributed by atoms with Crippen LogP contribution in [0.15, 0.2) is 151 Å². The molecule has 0 amide bonds. The third-order valence-corrected chi connectivity index (χ3v) is 8.32. The van der Waals surface area contributed by atoms with Crippen LogP contribution in [0.4, 0.5) is 45.5 Å². The van der Waals surface area contributed by atoms with Gasteiger partial charge in [0.25, 0.3) is 10.1 Å². The fourth-order valence-corrected chi connectivity index (χ4v) is 5.58. The maximum Gasteiger partial charge on any atom is 0.339 e. The van der Waals surface area contributed by atoms with Gasteiger partial charge in [-0.05, 0) is 77.9 Å². The standard InChI is InChI=1S/C35H26N8O6S/c36-28-18-29(37)32(43-41-30-14-16-34(50(47,48)49)26-4-2-1-3-25(26)30)19-31(28)42-39-23-11-7-21(8-12-23)20-5-9-22(10-6-20)38-40-24-13-15-33(44)27(17-24)35(45)46/h1-19,44H,36-37H2,(H,45,46)(H,47,48,49). The Morgan fingerprint density at radius 1 is 0.560 bits per heavy atom. The molecule has 50 heavy (non-hydrogen) atoms. The molecule has 0 saturated carbocycles. The molecule has 0 saturated heterocycles. The highest BCUT2D eigenvalue weighted by Crippen LogP contribution is 2.37. The first-order chi connectivity index (χ1) is 24.0. The Morgan fingerprint density at radius 3 is 1.64 bits per heavy atom. The average Bonchev–Trinajstić information content (AvgIpc) is 3.10. The van der Waals surface area contributed by atoms with Crippen molar-refractivity contribution < 1.29 is 28.0 Å². The molecular formula is C35H26N8O6S. The molecule has 6 aromatic carbocycles. The number of nitrogen functional groups attached to an aromatic ring is 2. The summed E-state index contributed by atoms with van der Waals surface area (Å²) in [5, 5.41) is 44.9. The third-order valence-electron chi connectivity index (χ3n) is 7.41. The van der Waals surface area contributed by atoms with Crippen LogP contribution in [0.3, 0.4) is 0 Å². The number of benzene rings is 6. The zero-order chi connectivity index (χ0) is 35.4. The highest BCUT2D eigenvalue weighted by Gasteiger charge is 2.16. The predicted octanol–water partition coefficient (Wildman–Crippen LogP) is 9.57. The number of aromatic hydroxyl groups is 1. The van der Waals surface area contributed by atoms with Crippen LogP contribution in [0.5, 0.6) is 5.75 Å². The number of nitrogens with zero attached hydrogens (tertiary/aromatic N) is 6. The number of aromatic carboxylic acids is 1. The molecule has 0 aliphatic rings. The number of carboxylic acids is 1. The molecule has 14 nitrogen and oxygen atoms in total. The molecule has 0 unspecified atom stereocenters. The molecule has 6 aromatic rings. The molecule has 248 valence electrons. The average molecular weight is 687 g/mol. The lowest BCUT2D eigenvalue weighted by Gasteiger charge is -2.07. The normalized spacial score (nSPS) is 12.0. The van der Waals surface area contributed by atoms with Crippen molar-refractivity contribution in [3.05, 3.63) is 121 Å². The Balaban J connectivity index is 1.16. The van der Waals surface area contributed by atoms with Crippen molar-refractivity contribution in [3.63, 3.8) is 0 Å². The largest absolute Gasteiger partial charge is 0.507 e. The minimum absolute atomic E-state index is 0.238. The highest BCUT2D eigenvalue weighted by atomic mass is 32.2. The first kappa shape index (κ1) is 33.1. The molecule has 0 aliphatic carbocycles. The van der Waals surface area contributed by atoms with Gasteiger partial charge < -0.3 is 21.7 Å². The van der Waals surface area contributed by atoms with Gasteiger partial charge in [0.2, 0.25) is 0 Å². The van der Waals surface area contributed by atoms with E-state index in [0.717, 1.165) is 11.1 Å². The van der Waals surface area contributed by atoms with Gasteiger partial charge in [0.1, 0.15) is 27.6 Å². The van der Waals surface area contributed by atoms with Crippen LogP contribution in [0, 0.1) is 0 Å². The molecule has 0 aliphatic heterocycles. The Kier molecular flexibility index (Phi) is 9.07. The summed E-state index contributed by atoms with van der Waals surface area (Å²) in [6, 6.07) is 30.8. The number of carboxylic acid groups (broad SMARTS) is 1. The van der Waals surface area contributed by atoms with Crippen molar-refractivity contribution in [3.8, 4) is 16.9 Å². The minimum atomic E-state index is -4.45. The monoisotopic (exact) mass is 686 g/mol. The van der Waals surface area contributed by atoms with Gasteiger partial charge in [0, 0.05) is 10.8 Å². The molecule has 0 radical (unpaired) electrons. The summed E-state index contributed by atoms with van der Waals surface area (Å²) in [6.45, 7) is 0. The zero-order valence-corrected chi connectivity index (χ0v) is 26.6. The number of fused-ring (bicyclic) bond motifs is 1. The number of rotatable bonds is 9. The maximum atomic E-state index is 11.8. The first-order valence-corrected chi connectivity index (χ1v) is 16.1. The number of nitrogens with two attached hydrogens (primary N) is 2. The molecule has 0 spiro atoms. The molecule has 6 rings (SSSR count). The lowest BCUT2D eigenvalue weighted by molar-refractivity contribution is 0.0693. The number of azo groups is 3. The maximum absolute atomic E-state index is 11.8. The molecule has 15 heteroatoms. The van der Waals surface area contributed by atoms with Crippen LogP contribution < -0.4 is 11.5 Å². The van der Waals surface area contributed by atoms with Crippen molar-refractivity contribution in [1.82, 2.24) is 0 Å². The SMILES string of the molecule is Nc1cc(N)c(N=Nc2ccc(S(=O)(=O)O)c3ccccc23)cc1N=Nc1ccc(-c2ccc(N=Nc3ccc(O)c(C(=O)O)c3)cc2)cc1. The number of anilines is 2. The second-order valence-electron chi connectivity index (χ2n) is 10.8. The van der Waals surface area contributed by atoms with Gasteiger partial charge in [-0.3, -0.25) is 4.55 Å². The van der Waals surface area contributed by atoms with E-state index in [0.29, 0.717) is 33.5 Å². The summed E-state index contributed by atoms with van der Waals surface area (Å²) in [7, 11) is -4.45. The number of hydrogen-bond donors (Lipinski definition) is 5. The van der Waals surface area contributed by atoms with Gasteiger partial charge in [-0.25, -0.2) is 4.79 Å². The summed E-state index contributed by atoms with van der Waals surface area (Å²) in [6.07, 6.45) is 0. The van der Waals surface area contributed by atoms with Crippen molar-refractivity contribution in [1.29, 1.82) is 0 Å². The van der Waals surface area contributed by atoms with Crippen LogP contribution in [-0.2, 0) is 10.1 Å². The van der Waals surface area contributed by atoms with Gasteiger partial charge >= 0.3 is 5.97 Å². The van der Waals surface area contributed by atoms with Crippen LogP contribution >= 0.6 is 0 Å². The number of hydrogen-bond acceptors (Lipinski definition) is 12. The van der Waals surface area contributed by atoms with Crippen molar-refractivity contribution in [2.75, 3.05) is 11.5 Å². The summed E-state index contributed by atoms with van der Waals surface area (Å²) in [4.78, 5) is 11.0. The van der Waals surface area contributed by atoms with E-state index in [1.54, 1.807) is 48.5 Å². The van der Waals surface area contributed by atoms with E-state index in [-0.39, 0.29) is 39.0 Å². The van der Waals surface area contributed by atoms with E-state index in [1.165, 1.54) is 42.5 Å². The Labute approximate surface area is 284 Å². The van der Waals surface area contributed by atoms with Crippen LogP contribution in [0.2, 0.25) is 0 Å². The van der Waals surface area contributed by atoms with Gasteiger partial charge in [-0.1, -0.05) is 48.5 Å². The summed E-state index contributed by atoms with van der Waals surface area (Å²) in [5.74, 6) is -1.61. The molecule has 0 bridgehead atoms. The van der Waals surface area contributed by atoms with E-state index in [9.17, 15) is 22.9 Å². The van der Waals surface area contributed by atoms with Gasteiger partial charge in [-0.15, -0.1) is 15.3 Å². The summed E-state index contributed by atoms with van der Waals surface area (Å²) >= 11 is 0. The fraction of sp³-hybridized carbons (Fsp3) is 0. The molecule has 7 N–H and O–H groups in total. The number of phenols is 1. The Bertz CT molecular complexity index is 2470. The van der Waals surface area contributed by atoms with Crippen molar-refractivity contribution in [2.24, 2.45) is 30.7 Å². The molecule has 0 heterocycles. The minimum Gasteiger partial charge on any atom is -0.507 e. The van der Waals surface area contributed by atoms with Crippen molar-refractivity contribution in [2.45, 2.75) is 4.90 Å². The zero-order valence-electron chi connectivity index (χ0n) is 25.8. The fourth-order valence-electron chi connectivity index (χ4n) is 4.89. The lowest BCUT2D eigenvalue weighted by atomic mass is 10.1. The summed E-state index contributed by atoms with van der Waals surface area (Å²) in [5.41, 5.74) is 16.7. The Morgan fingerprint density at radius 2 is 1.06 bits per heavy atom. The van der Waals surface area contributed by atoms with Crippen LogP contribution in [0.1, 0.15) is 10.4 Å². The quantitative estimate of drug-likeness (QED) is 0.0556. The summed E-state index contributed by atoms with van der Waals surface area (Å²) < 4.78 is 33.3. The van der Waals surface area contributed by atoms with Crippen LogP contribution in [0.25, 0.3) is 21.9 Å². The van der Waals surface area contributed by atoms with E-state index in [2.05, 4.69) is 30.7 Å². The number of carbonyl (C=O) groups is 1. The first-order valence-electron chi connectivity index (χ1n) is 14.7. The molecule has 0 fully saturated rings. The second kappa shape index (κ2) is 13.7. The van der Waals surface area contributed by atoms with E-state index >= 15 is 0 Å². The third kappa shape index (κ3) is 7.33. The second-order valence-corrected chi connectivity index (χ2v) is 12.2. The molecular weight excluding hydrogens is 661 g/mol. The van der Waals surface area contributed by atoms with Crippen LogP contribution in [-0.4, -0.2) is 29.2 Å². The van der Waals surface area contributed by atoms with E-state index < -0.39 is 16.1 Å². The van der Waals surface area contributed by atoms with Gasteiger partial charge in [0.05, 0.1) is 34.1 Å². The smallest absolute Gasteiger partial charge is 0.339 e. The van der Waals surface area contributed by atoms with E-state index in [1.807, 2.05) is 24.3 Å². The van der Waals surface area contributed by atoms with E-state index in [4.69, 9.17) is 16.6 Å². The van der Waals surface area contributed by atoms with Gasteiger partial charge in [0.15, 0.2) is 0 Å². The lowest BCUT2D eigenvalue weighted by Crippen LogP contribution is -1.98. The predicted molar refractivity (Wildman–Crippen MR) is 189 cm³/mol. The van der Waals surface area contributed by atoms with Crippen molar-refractivity contribution >= 4 is 72.4 Å².